The van der Waals surface area contributed by atoms with Gasteiger partial charge in [0.05, 0.1) is 11.6 Å². The van der Waals surface area contributed by atoms with Crippen LogP contribution in [0.1, 0.15) is 27.7 Å². The molecule has 30 heavy (non-hydrogen) atoms. The Morgan fingerprint density at radius 3 is 2.33 bits per heavy atom. The lowest BCUT2D eigenvalue weighted by molar-refractivity contribution is -0.125. The zero-order chi connectivity index (χ0) is 20.8. The minimum Gasteiger partial charge on any atom is -0.451 e. The highest BCUT2D eigenvalue weighted by Gasteiger charge is 2.19. The Morgan fingerprint density at radius 2 is 1.57 bits per heavy atom. The molecule has 2 N–H and O–H groups in total. The summed E-state index contributed by atoms with van der Waals surface area (Å²) in [5.74, 6) is -1.00. The number of para-hydroxylation sites is 1. The molecule has 1 heterocycles. The van der Waals surface area contributed by atoms with Crippen molar-refractivity contribution >= 4 is 22.8 Å². The quantitative estimate of drug-likeness (QED) is 0.463. The molecular formula is C24H21N3O3. The fraction of sp³-hybridized carbons (Fsp3) is 0.125. The van der Waals surface area contributed by atoms with E-state index in [1.807, 2.05) is 78.9 Å². The van der Waals surface area contributed by atoms with Gasteiger partial charge in [0.25, 0.3) is 5.91 Å². The van der Waals surface area contributed by atoms with Gasteiger partial charge in [0, 0.05) is 5.39 Å². The van der Waals surface area contributed by atoms with Crippen molar-refractivity contribution in [3.8, 4) is 0 Å². The standard InChI is InChI=1S/C24H21N3O3/c28-22(16-30-24(29)23-19-13-7-8-14-20(19)26-27-23)25-21(18-11-5-2-6-12-18)15-17-9-3-1-4-10-17/h1-14,21H,15-16H2,(H,25,28)(H,26,27). The van der Waals surface area contributed by atoms with Crippen LogP contribution in [0.3, 0.4) is 0 Å². The number of aromatic amines is 1. The van der Waals surface area contributed by atoms with Crippen molar-refractivity contribution in [2.45, 2.75) is 12.5 Å². The molecule has 0 saturated carbocycles. The van der Waals surface area contributed by atoms with Crippen LogP contribution in [0.2, 0.25) is 0 Å². The van der Waals surface area contributed by atoms with Crippen molar-refractivity contribution in [2.75, 3.05) is 6.61 Å². The fourth-order valence-corrected chi connectivity index (χ4v) is 3.34. The van der Waals surface area contributed by atoms with Crippen LogP contribution < -0.4 is 5.32 Å². The van der Waals surface area contributed by atoms with E-state index in [0.29, 0.717) is 11.8 Å². The van der Waals surface area contributed by atoms with Crippen molar-refractivity contribution in [2.24, 2.45) is 0 Å². The van der Waals surface area contributed by atoms with Gasteiger partial charge in [-0.05, 0) is 23.6 Å². The van der Waals surface area contributed by atoms with Crippen molar-refractivity contribution in [1.82, 2.24) is 15.5 Å². The summed E-state index contributed by atoms with van der Waals surface area (Å²) in [6, 6.07) is 26.7. The third kappa shape index (κ3) is 4.55. The number of aromatic nitrogens is 2. The number of H-pyrrole nitrogens is 1. The third-order valence-corrected chi connectivity index (χ3v) is 4.82. The van der Waals surface area contributed by atoms with Crippen molar-refractivity contribution in [1.29, 1.82) is 0 Å². The van der Waals surface area contributed by atoms with E-state index in [1.165, 1.54) is 0 Å². The Hall–Kier alpha value is -3.93. The molecule has 1 aromatic heterocycles. The molecule has 0 radical (unpaired) electrons. The highest BCUT2D eigenvalue weighted by Crippen LogP contribution is 2.19. The number of ether oxygens (including phenoxy) is 1. The van der Waals surface area contributed by atoms with Crippen LogP contribution in [-0.4, -0.2) is 28.7 Å². The third-order valence-electron chi connectivity index (χ3n) is 4.82. The van der Waals surface area contributed by atoms with E-state index in [9.17, 15) is 9.59 Å². The van der Waals surface area contributed by atoms with Crippen LogP contribution >= 0.6 is 0 Å². The predicted molar refractivity (Wildman–Crippen MR) is 114 cm³/mol. The molecule has 0 spiro atoms. The first-order valence-corrected chi connectivity index (χ1v) is 9.69. The number of esters is 1. The molecule has 1 amide bonds. The summed E-state index contributed by atoms with van der Waals surface area (Å²) in [5.41, 5.74) is 2.99. The largest absolute Gasteiger partial charge is 0.451 e. The molecule has 0 aliphatic rings. The van der Waals surface area contributed by atoms with E-state index in [4.69, 9.17) is 4.74 Å². The number of fused-ring (bicyclic) bond motifs is 1. The summed E-state index contributed by atoms with van der Waals surface area (Å²) in [6.07, 6.45) is 0.633. The predicted octanol–water partition coefficient (Wildman–Crippen LogP) is 3.82. The van der Waals surface area contributed by atoms with Gasteiger partial charge in [0.2, 0.25) is 0 Å². The van der Waals surface area contributed by atoms with E-state index < -0.39 is 5.97 Å². The molecule has 150 valence electrons. The maximum Gasteiger partial charge on any atom is 0.359 e. The topological polar surface area (TPSA) is 84.1 Å². The van der Waals surface area contributed by atoms with Crippen LogP contribution in [-0.2, 0) is 16.0 Å². The molecule has 0 saturated heterocycles. The molecule has 0 fully saturated rings. The van der Waals surface area contributed by atoms with Crippen molar-refractivity contribution in [3.63, 3.8) is 0 Å². The summed E-state index contributed by atoms with van der Waals surface area (Å²) >= 11 is 0. The highest BCUT2D eigenvalue weighted by molar-refractivity contribution is 6.02. The summed E-state index contributed by atoms with van der Waals surface area (Å²) in [4.78, 5) is 24.9. The summed E-state index contributed by atoms with van der Waals surface area (Å²) in [5, 5.41) is 10.4. The second kappa shape index (κ2) is 9.05. The molecule has 0 aliphatic heterocycles. The van der Waals surface area contributed by atoms with Gasteiger partial charge in [-0.15, -0.1) is 0 Å². The molecule has 1 unspecified atom stereocenters. The molecule has 1 atom stereocenters. The fourth-order valence-electron chi connectivity index (χ4n) is 3.34. The zero-order valence-corrected chi connectivity index (χ0v) is 16.2. The molecule has 0 aliphatic carbocycles. The second-order valence-corrected chi connectivity index (χ2v) is 6.91. The number of benzene rings is 3. The first kappa shape index (κ1) is 19.4. The Labute approximate surface area is 173 Å². The zero-order valence-electron chi connectivity index (χ0n) is 16.2. The van der Waals surface area contributed by atoms with Gasteiger partial charge < -0.3 is 10.1 Å². The van der Waals surface area contributed by atoms with Gasteiger partial charge in [0.1, 0.15) is 0 Å². The van der Waals surface area contributed by atoms with Gasteiger partial charge in [-0.2, -0.15) is 5.10 Å². The van der Waals surface area contributed by atoms with Crippen LogP contribution in [0.4, 0.5) is 0 Å². The maximum absolute atomic E-state index is 12.5. The van der Waals surface area contributed by atoms with Gasteiger partial charge in [-0.3, -0.25) is 9.89 Å². The summed E-state index contributed by atoms with van der Waals surface area (Å²) < 4.78 is 5.21. The Morgan fingerprint density at radius 1 is 0.900 bits per heavy atom. The van der Waals surface area contributed by atoms with Crippen LogP contribution in [0.15, 0.2) is 84.9 Å². The average molecular weight is 399 g/mol. The lowest BCUT2D eigenvalue weighted by atomic mass is 9.99. The number of carbonyl (C=O) groups excluding carboxylic acids is 2. The highest BCUT2D eigenvalue weighted by atomic mass is 16.5. The Bertz CT molecular complexity index is 1140. The molecule has 6 nitrogen and oxygen atoms in total. The number of amides is 1. The van der Waals surface area contributed by atoms with Crippen molar-refractivity contribution in [3.05, 3.63) is 102 Å². The lowest BCUT2D eigenvalue weighted by Gasteiger charge is -2.19. The summed E-state index contributed by atoms with van der Waals surface area (Å²) in [6.45, 7) is -0.377. The van der Waals surface area contributed by atoms with Gasteiger partial charge in [0.15, 0.2) is 12.3 Å². The molecule has 3 aromatic carbocycles. The SMILES string of the molecule is O=C(COC(=O)c1n[nH]c2ccccc12)NC(Cc1ccccc1)c1ccccc1. The molecule has 4 aromatic rings. The number of hydrogen-bond donors (Lipinski definition) is 2. The number of nitrogens with zero attached hydrogens (tertiary/aromatic N) is 1. The number of carbonyl (C=O) groups is 2. The molecular weight excluding hydrogens is 378 g/mol. The number of nitrogens with one attached hydrogen (secondary N) is 2. The smallest absolute Gasteiger partial charge is 0.359 e. The van der Waals surface area contributed by atoms with E-state index in [0.717, 1.165) is 16.6 Å². The normalized spacial score (nSPS) is 11.7. The molecule has 4 rings (SSSR count). The van der Waals surface area contributed by atoms with E-state index in [2.05, 4.69) is 15.5 Å². The van der Waals surface area contributed by atoms with Crippen LogP contribution in [0.5, 0.6) is 0 Å². The molecule has 6 heteroatoms. The average Bonchev–Trinajstić information content (AvgIpc) is 3.23. The minimum atomic E-state index is -0.637. The summed E-state index contributed by atoms with van der Waals surface area (Å²) in [7, 11) is 0. The minimum absolute atomic E-state index is 0.169. The van der Waals surface area contributed by atoms with Gasteiger partial charge in [-0.25, -0.2) is 4.79 Å². The maximum atomic E-state index is 12.5. The van der Waals surface area contributed by atoms with Gasteiger partial charge >= 0.3 is 5.97 Å². The van der Waals surface area contributed by atoms with Crippen LogP contribution in [0, 0.1) is 0 Å². The monoisotopic (exact) mass is 399 g/mol. The van der Waals surface area contributed by atoms with E-state index >= 15 is 0 Å². The Kier molecular flexibility index (Phi) is 5.85. The number of hydrogen-bond acceptors (Lipinski definition) is 4. The van der Waals surface area contributed by atoms with E-state index in [1.54, 1.807) is 6.07 Å². The van der Waals surface area contributed by atoms with Crippen molar-refractivity contribution < 1.29 is 14.3 Å². The number of rotatable bonds is 7. The Balaban J connectivity index is 1.41. The first-order chi connectivity index (χ1) is 14.7. The molecule has 0 bridgehead atoms. The first-order valence-electron chi connectivity index (χ1n) is 9.69. The van der Waals surface area contributed by atoms with Crippen LogP contribution in [0.25, 0.3) is 10.9 Å². The second-order valence-electron chi connectivity index (χ2n) is 6.91. The van der Waals surface area contributed by atoms with E-state index in [-0.39, 0.29) is 24.2 Å². The lowest BCUT2D eigenvalue weighted by Crippen LogP contribution is -2.33. The van der Waals surface area contributed by atoms with Gasteiger partial charge in [-0.1, -0.05) is 78.9 Å².